The minimum absolute atomic E-state index is 0.0666. The van der Waals surface area contributed by atoms with Gasteiger partial charge in [0.1, 0.15) is 17.4 Å². The highest BCUT2D eigenvalue weighted by molar-refractivity contribution is 6.01. The fraction of sp³-hybridized carbons (Fsp3) is 0.333. The molecule has 2 aromatic heterocycles. The molecule has 5 rings (SSSR count). The Morgan fingerprint density at radius 3 is 2.74 bits per heavy atom. The Kier molecular flexibility index (Phi) is 7.79. The van der Waals surface area contributed by atoms with Gasteiger partial charge >= 0.3 is 0 Å². The van der Waals surface area contributed by atoms with Crippen LogP contribution in [0.4, 0.5) is 5.82 Å². The Hall–Kier alpha value is -4.04. The van der Waals surface area contributed by atoms with Crippen molar-refractivity contribution >= 4 is 11.7 Å². The fourth-order valence-electron chi connectivity index (χ4n) is 4.98. The summed E-state index contributed by atoms with van der Waals surface area (Å²) in [7, 11) is 0. The third-order valence-corrected chi connectivity index (χ3v) is 7.06. The summed E-state index contributed by atoms with van der Waals surface area (Å²) >= 11 is 0. The number of nitrogens with one attached hydrogen (secondary N) is 2. The van der Waals surface area contributed by atoms with Crippen LogP contribution in [0.5, 0.6) is 5.75 Å². The number of ether oxygens (including phenoxy) is 1. The second-order valence-corrected chi connectivity index (χ2v) is 10.0. The highest BCUT2D eigenvalue weighted by Gasteiger charge is 2.30. The molecule has 1 aliphatic carbocycles. The van der Waals surface area contributed by atoms with Crippen molar-refractivity contribution in [3.05, 3.63) is 89.6 Å². The van der Waals surface area contributed by atoms with Crippen molar-refractivity contribution < 1.29 is 14.6 Å². The van der Waals surface area contributed by atoms with Crippen LogP contribution < -0.4 is 10.1 Å². The minimum Gasteiger partial charge on any atom is -0.494 e. The number of aliphatic hydroxyl groups is 1. The lowest BCUT2D eigenvalue weighted by atomic mass is 9.96. The number of aromatic amines is 1. The van der Waals surface area contributed by atoms with Gasteiger partial charge in [-0.1, -0.05) is 49.2 Å². The number of aryl methyl sites for hydroxylation is 1. The van der Waals surface area contributed by atoms with E-state index in [1.807, 2.05) is 67.6 Å². The van der Waals surface area contributed by atoms with E-state index in [9.17, 15) is 9.90 Å². The van der Waals surface area contributed by atoms with E-state index in [-0.39, 0.29) is 5.82 Å². The average molecular weight is 512 g/mol. The van der Waals surface area contributed by atoms with Gasteiger partial charge in [-0.05, 0) is 79.1 Å². The summed E-state index contributed by atoms with van der Waals surface area (Å²) in [4.78, 5) is 21.4. The molecule has 0 unspecified atom stereocenters. The Morgan fingerprint density at radius 2 is 1.92 bits per heavy atom. The number of H-pyrrole nitrogens is 1. The number of carbonyl (C=O) groups is 1. The molecule has 1 fully saturated rings. The van der Waals surface area contributed by atoms with E-state index < -0.39 is 11.5 Å². The molecular formula is C30H33N5O3. The zero-order valence-electron chi connectivity index (χ0n) is 21.6. The molecule has 3 N–H and O–H groups in total. The average Bonchev–Trinajstić information content (AvgIpc) is 3.58. The van der Waals surface area contributed by atoms with Crippen LogP contribution in [0.15, 0.2) is 66.9 Å². The number of rotatable bonds is 10. The van der Waals surface area contributed by atoms with Crippen molar-refractivity contribution in [1.29, 1.82) is 0 Å². The van der Waals surface area contributed by atoms with E-state index in [0.717, 1.165) is 66.5 Å². The van der Waals surface area contributed by atoms with Gasteiger partial charge in [0.25, 0.3) is 5.91 Å². The van der Waals surface area contributed by atoms with Crippen molar-refractivity contribution in [3.8, 4) is 16.9 Å². The zero-order chi connectivity index (χ0) is 26.4. The number of anilines is 1. The number of nitrogens with zero attached hydrogens (tertiary/aromatic N) is 3. The van der Waals surface area contributed by atoms with Crippen LogP contribution in [-0.2, 0) is 6.42 Å². The summed E-state index contributed by atoms with van der Waals surface area (Å²) in [6, 6.07) is 19.6. The third kappa shape index (κ3) is 6.44. The van der Waals surface area contributed by atoms with E-state index in [4.69, 9.17) is 4.74 Å². The van der Waals surface area contributed by atoms with Crippen molar-refractivity contribution in [2.45, 2.75) is 57.5 Å². The number of pyridine rings is 1. The van der Waals surface area contributed by atoms with Crippen LogP contribution in [0.25, 0.3) is 11.1 Å². The number of carbonyl (C=O) groups excluding carboxylic acids is 1. The zero-order valence-corrected chi connectivity index (χ0v) is 21.6. The minimum atomic E-state index is -0.505. The molecule has 38 heavy (non-hydrogen) atoms. The number of hydrogen-bond donors (Lipinski definition) is 3. The first-order chi connectivity index (χ1) is 18.5. The predicted molar refractivity (Wildman–Crippen MR) is 146 cm³/mol. The molecule has 0 radical (unpaired) electrons. The summed E-state index contributed by atoms with van der Waals surface area (Å²) < 4.78 is 6.01. The monoisotopic (exact) mass is 511 g/mol. The number of aromatic nitrogens is 4. The molecule has 4 aromatic rings. The number of amides is 1. The highest BCUT2D eigenvalue weighted by atomic mass is 16.5. The first-order valence-electron chi connectivity index (χ1n) is 13.2. The maximum Gasteiger partial charge on any atom is 0.296 e. The molecule has 2 heterocycles. The van der Waals surface area contributed by atoms with Crippen molar-refractivity contribution in [2.75, 3.05) is 11.9 Å². The summed E-state index contributed by atoms with van der Waals surface area (Å²) in [5.41, 5.74) is 3.57. The van der Waals surface area contributed by atoms with E-state index in [1.54, 1.807) is 6.20 Å². The van der Waals surface area contributed by atoms with Crippen molar-refractivity contribution in [1.82, 2.24) is 20.2 Å². The van der Waals surface area contributed by atoms with Crippen LogP contribution in [0.2, 0.25) is 0 Å². The molecule has 8 heteroatoms. The molecule has 0 aliphatic heterocycles. The second kappa shape index (κ2) is 11.6. The van der Waals surface area contributed by atoms with Crippen LogP contribution in [0, 0.1) is 6.92 Å². The SMILES string of the molecule is Cc1ccc(OCCCC2(O)CCCC2)cc1-c1ccnc(NC(=O)c2n[nH]c(Cc3ccccc3)n2)c1. The lowest BCUT2D eigenvalue weighted by molar-refractivity contribution is 0.0331. The Bertz CT molecular complexity index is 1380. The number of hydrogen-bond acceptors (Lipinski definition) is 6. The molecular weight excluding hydrogens is 478 g/mol. The summed E-state index contributed by atoms with van der Waals surface area (Å²) in [6.45, 7) is 2.60. The topological polar surface area (TPSA) is 113 Å². The second-order valence-electron chi connectivity index (χ2n) is 10.0. The fourth-order valence-corrected chi connectivity index (χ4v) is 4.98. The van der Waals surface area contributed by atoms with Gasteiger partial charge in [0, 0.05) is 12.6 Å². The van der Waals surface area contributed by atoms with E-state index in [0.29, 0.717) is 24.7 Å². The largest absolute Gasteiger partial charge is 0.494 e. The van der Waals surface area contributed by atoms with Crippen LogP contribution >= 0.6 is 0 Å². The molecule has 196 valence electrons. The van der Waals surface area contributed by atoms with Gasteiger partial charge in [-0.25, -0.2) is 9.97 Å². The Morgan fingerprint density at radius 1 is 1.11 bits per heavy atom. The molecule has 8 nitrogen and oxygen atoms in total. The maximum absolute atomic E-state index is 12.8. The Balaban J connectivity index is 1.21. The van der Waals surface area contributed by atoms with E-state index in [1.165, 1.54) is 0 Å². The molecule has 1 saturated carbocycles. The van der Waals surface area contributed by atoms with Gasteiger partial charge in [0.05, 0.1) is 12.2 Å². The van der Waals surface area contributed by atoms with Crippen LogP contribution in [0.3, 0.4) is 0 Å². The third-order valence-electron chi connectivity index (χ3n) is 7.06. The molecule has 0 atom stereocenters. The normalized spacial score (nSPS) is 14.4. The van der Waals surface area contributed by atoms with Gasteiger partial charge in [-0.3, -0.25) is 9.89 Å². The summed E-state index contributed by atoms with van der Waals surface area (Å²) in [5, 5.41) is 20.3. The van der Waals surface area contributed by atoms with Gasteiger partial charge in [0.15, 0.2) is 0 Å². The van der Waals surface area contributed by atoms with Crippen molar-refractivity contribution in [2.24, 2.45) is 0 Å². The van der Waals surface area contributed by atoms with Crippen LogP contribution in [-0.4, -0.2) is 43.4 Å². The molecule has 0 spiro atoms. The standard InChI is InChI=1S/C30H33N5O3/c1-21-10-11-24(38-17-7-15-30(37)13-5-6-14-30)20-25(21)23-12-16-31-26(19-23)33-29(36)28-32-27(34-35-28)18-22-8-3-2-4-9-22/h2-4,8-12,16,19-20,37H,5-7,13-15,17-18H2,1H3,(H,31,33,36)(H,32,34,35). The van der Waals surface area contributed by atoms with Crippen molar-refractivity contribution in [3.63, 3.8) is 0 Å². The summed E-state index contributed by atoms with van der Waals surface area (Å²) in [6.07, 6.45) is 7.84. The van der Waals surface area contributed by atoms with E-state index in [2.05, 4.69) is 25.5 Å². The summed E-state index contributed by atoms with van der Waals surface area (Å²) in [5.74, 6) is 1.45. The Labute approximate surface area is 222 Å². The van der Waals surface area contributed by atoms with Gasteiger partial charge in [0.2, 0.25) is 5.82 Å². The van der Waals surface area contributed by atoms with Gasteiger partial charge in [-0.2, -0.15) is 0 Å². The lowest BCUT2D eigenvalue weighted by Crippen LogP contribution is -2.24. The van der Waals surface area contributed by atoms with E-state index >= 15 is 0 Å². The number of benzene rings is 2. The van der Waals surface area contributed by atoms with Gasteiger partial charge in [-0.15, -0.1) is 5.10 Å². The predicted octanol–water partition coefficient (Wildman–Crippen LogP) is 5.48. The lowest BCUT2D eigenvalue weighted by Gasteiger charge is -2.21. The maximum atomic E-state index is 12.8. The molecule has 0 bridgehead atoms. The molecule has 0 saturated heterocycles. The first kappa shape index (κ1) is 25.6. The molecule has 1 amide bonds. The van der Waals surface area contributed by atoms with Crippen LogP contribution in [0.1, 0.15) is 66.1 Å². The highest BCUT2D eigenvalue weighted by Crippen LogP contribution is 2.33. The smallest absolute Gasteiger partial charge is 0.296 e. The molecule has 1 aliphatic rings. The quantitative estimate of drug-likeness (QED) is 0.243. The van der Waals surface area contributed by atoms with Gasteiger partial charge < -0.3 is 15.2 Å². The molecule has 2 aromatic carbocycles. The first-order valence-corrected chi connectivity index (χ1v) is 13.2.